The van der Waals surface area contributed by atoms with Crippen molar-refractivity contribution < 1.29 is 13.2 Å². The molecule has 2 aromatic carbocycles. The highest BCUT2D eigenvalue weighted by Gasteiger charge is 2.27. The van der Waals surface area contributed by atoms with Crippen LogP contribution in [0, 0.1) is 6.92 Å². The van der Waals surface area contributed by atoms with Gasteiger partial charge in [-0.2, -0.15) is 0 Å². The van der Waals surface area contributed by atoms with Gasteiger partial charge in [-0.25, -0.2) is 12.7 Å². The van der Waals surface area contributed by atoms with E-state index >= 15 is 0 Å². The van der Waals surface area contributed by atoms with Crippen molar-refractivity contribution in [3.05, 3.63) is 59.7 Å². The molecule has 0 unspecified atom stereocenters. The molecule has 1 amide bonds. The van der Waals surface area contributed by atoms with Crippen molar-refractivity contribution in [2.75, 3.05) is 32.5 Å². The number of anilines is 1. The largest absolute Gasteiger partial charge is 0.325 e. The van der Waals surface area contributed by atoms with Crippen LogP contribution in [0.5, 0.6) is 0 Å². The third-order valence-electron chi connectivity index (χ3n) is 5.07. The Hall–Kier alpha value is -2.22. The van der Waals surface area contributed by atoms with Crippen molar-refractivity contribution in [3.63, 3.8) is 0 Å². The topological polar surface area (TPSA) is 69.7 Å². The summed E-state index contributed by atoms with van der Waals surface area (Å²) < 4.78 is 25.7. The lowest BCUT2D eigenvalue weighted by atomic mass is 10.0. The summed E-state index contributed by atoms with van der Waals surface area (Å²) in [4.78, 5) is 14.9. The summed E-state index contributed by atoms with van der Waals surface area (Å²) in [6.07, 6.45) is 2.09. The number of likely N-dealkylation sites (tertiary alicyclic amines) is 1. The Labute approximate surface area is 167 Å². The van der Waals surface area contributed by atoms with Crippen LogP contribution in [0.1, 0.15) is 30.0 Å². The maximum absolute atomic E-state index is 12.6. The van der Waals surface area contributed by atoms with Crippen LogP contribution < -0.4 is 5.32 Å². The molecule has 1 heterocycles. The fraction of sp³-hybridized carbons (Fsp3) is 0.381. The third kappa shape index (κ3) is 4.60. The average molecular weight is 402 g/mol. The molecule has 150 valence electrons. The summed E-state index contributed by atoms with van der Waals surface area (Å²) >= 11 is 0. The lowest BCUT2D eigenvalue weighted by molar-refractivity contribution is -0.117. The van der Waals surface area contributed by atoms with E-state index in [-0.39, 0.29) is 23.4 Å². The second kappa shape index (κ2) is 8.43. The number of nitrogens with one attached hydrogen (secondary N) is 1. The van der Waals surface area contributed by atoms with E-state index in [1.807, 2.05) is 0 Å². The Morgan fingerprint density at radius 3 is 2.57 bits per heavy atom. The highest BCUT2D eigenvalue weighted by molar-refractivity contribution is 7.89. The number of rotatable bonds is 6. The number of aryl methyl sites for hydroxylation is 1. The molecule has 1 fully saturated rings. The van der Waals surface area contributed by atoms with E-state index in [1.54, 1.807) is 12.1 Å². The number of carbonyl (C=O) groups excluding carboxylic acids is 1. The van der Waals surface area contributed by atoms with Crippen molar-refractivity contribution >= 4 is 21.6 Å². The Bertz CT molecular complexity index is 940. The monoisotopic (exact) mass is 401 g/mol. The first-order chi connectivity index (χ1) is 13.3. The predicted octanol–water partition coefficient (Wildman–Crippen LogP) is 3.02. The molecule has 1 aliphatic heterocycles. The van der Waals surface area contributed by atoms with Crippen LogP contribution in [0.2, 0.25) is 0 Å². The zero-order valence-electron chi connectivity index (χ0n) is 16.6. The molecular weight excluding hydrogens is 374 g/mol. The maximum atomic E-state index is 12.6. The van der Waals surface area contributed by atoms with Crippen LogP contribution in [0.4, 0.5) is 5.69 Å². The number of amides is 1. The van der Waals surface area contributed by atoms with Crippen LogP contribution in [0.15, 0.2) is 53.4 Å². The van der Waals surface area contributed by atoms with Crippen molar-refractivity contribution in [1.29, 1.82) is 0 Å². The van der Waals surface area contributed by atoms with E-state index in [9.17, 15) is 13.2 Å². The quantitative estimate of drug-likeness (QED) is 0.808. The molecule has 2 aromatic rings. The molecule has 1 saturated heterocycles. The van der Waals surface area contributed by atoms with Gasteiger partial charge in [-0.05, 0) is 50.1 Å². The van der Waals surface area contributed by atoms with Gasteiger partial charge in [0.2, 0.25) is 15.9 Å². The molecule has 28 heavy (non-hydrogen) atoms. The number of nitrogens with zero attached hydrogens (tertiary/aromatic N) is 2. The van der Waals surface area contributed by atoms with E-state index in [0.717, 1.165) is 23.7 Å². The molecule has 1 atom stereocenters. The summed E-state index contributed by atoms with van der Waals surface area (Å²) in [6, 6.07) is 15.1. The standard InChI is InChI=1S/C21H27N3O3S/c1-16-9-11-17(12-10-16)20-8-5-13-24(20)15-21(25)22-18-6-4-7-19(14-18)28(26,27)23(2)3/h4,6-7,9-12,14,20H,5,8,13,15H2,1-3H3,(H,22,25)/t20-/m1/s1. The smallest absolute Gasteiger partial charge is 0.242 e. The first kappa shape index (κ1) is 20.5. The molecule has 0 spiro atoms. The Balaban J connectivity index is 1.68. The van der Waals surface area contributed by atoms with E-state index in [4.69, 9.17) is 0 Å². The van der Waals surface area contributed by atoms with Gasteiger partial charge >= 0.3 is 0 Å². The van der Waals surface area contributed by atoms with Gasteiger partial charge in [0.25, 0.3) is 0 Å². The molecule has 1 aliphatic rings. The number of benzene rings is 2. The van der Waals surface area contributed by atoms with Crippen molar-refractivity contribution in [2.45, 2.75) is 30.7 Å². The van der Waals surface area contributed by atoms with Crippen molar-refractivity contribution in [3.8, 4) is 0 Å². The highest BCUT2D eigenvalue weighted by atomic mass is 32.2. The number of hydrogen-bond acceptors (Lipinski definition) is 4. The van der Waals surface area contributed by atoms with Gasteiger partial charge in [-0.3, -0.25) is 9.69 Å². The van der Waals surface area contributed by atoms with Gasteiger partial charge in [-0.1, -0.05) is 35.9 Å². The first-order valence-electron chi connectivity index (χ1n) is 9.40. The van der Waals surface area contributed by atoms with Crippen LogP contribution in [0.3, 0.4) is 0 Å². The summed E-state index contributed by atoms with van der Waals surface area (Å²) in [5.74, 6) is -0.140. The minimum absolute atomic E-state index is 0.140. The van der Waals surface area contributed by atoms with Crippen LogP contribution in [-0.4, -0.2) is 50.7 Å². The van der Waals surface area contributed by atoms with Gasteiger partial charge in [-0.15, -0.1) is 0 Å². The molecule has 0 radical (unpaired) electrons. The zero-order valence-corrected chi connectivity index (χ0v) is 17.4. The summed E-state index contributed by atoms with van der Waals surface area (Å²) in [5.41, 5.74) is 2.94. The highest BCUT2D eigenvalue weighted by Crippen LogP contribution is 2.31. The maximum Gasteiger partial charge on any atom is 0.242 e. The normalized spacial score (nSPS) is 17.8. The van der Waals surface area contributed by atoms with Gasteiger partial charge in [0.1, 0.15) is 0 Å². The Morgan fingerprint density at radius 2 is 1.89 bits per heavy atom. The number of sulfonamides is 1. The Kier molecular flexibility index (Phi) is 6.17. The molecule has 7 heteroatoms. The number of hydrogen-bond donors (Lipinski definition) is 1. The molecule has 3 rings (SSSR count). The third-order valence-corrected chi connectivity index (χ3v) is 6.88. The van der Waals surface area contributed by atoms with E-state index < -0.39 is 10.0 Å². The molecule has 1 N–H and O–H groups in total. The zero-order chi connectivity index (χ0) is 20.3. The predicted molar refractivity (Wildman–Crippen MR) is 111 cm³/mol. The lowest BCUT2D eigenvalue weighted by Crippen LogP contribution is -2.33. The van der Waals surface area contributed by atoms with Crippen molar-refractivity contribution in [1.82, 2.24) is 9.21 Å². The van der Waals surface area contributed by atoms with Gasteiger partial charge in [0.15, 0.2) is 0 Å². The molecule has 0 saturated carbocycles. The van der Waals surface area contributed by atoms with Gasteiger partial charge in [0, 0.05) is 25.8 Å². The fourth-order valence-corrected chi connectivity index (χ4v) is 4.46. The number of carbonyl (C=O) groups is 1. The van der Waals surface area contributed by atoms with Crippen LogP contribution in [0.25, 0.3) is 0 Å². The molecule has 0 bridgehead atoms. The van der Waals surface area contributed by atoms with E-state index in [2.05, 4.69) is 41.4 Å². The van der Waals surface area contributed by atoms with Crippen LogP contribution in [-0.2, 0) is 14.8 Å². The van der Waals surface area contributed by atoms with Crippen LogP contribution >= 0.6 is 0 Å². The molecule has 6 nitrogen and oxygen atoms in total. The Morgan fingerprint density at radius 1 is 1.18 bits per heavy atom. The summed E-state index contributed by atoms with van der Waals surface area (Å²) in [7, 11) is -0.564. The second-order valence-electron chi connectivity index (χ2n) is 7.40. The second-order valence-corrected chi connectivity index (χ2v) is 9.55. The molecule has 0 aromatic heterocycles. The average Bonchev–Trinajstić information content (AvgIpc) is 3.10. The molecular formula is C21H27N3O3S. The molecule has 0 aliphatic carbocycles. The van der Waals surface area contributed by atoms with Crippen molar-refractivity contribution in [2.24, 2.45) is 0 Å². The summed E-state index contributed by atoms with van der Waals surface area (Å²) in [6.45, 7) is 3.22. The summed E-state index contributed by atoms with van der Waals surface area (Å²) in [5, 5.41) is 2.84. The lowest BCUT2D eigenvalue weighted by Gasteiger charge is -2.24. The van der Waals surface area contributed by atoms with E-state index in [1.165, 1.54) is 37.4 Å². The minimum Gasteiger partial charge on any atom is -0.325 e. The first-order valence-corrected chi connectivity index (χ1v) is 10.8. The van der Waals surface area contributed by atoms with E-state index in [0.29, 0.717) is 5.69 Å². The fourth-order valence-electron chi connectivity index (χ4n) is 3.51. The van der Waals surface area contributed by atoms with Gasteiger partial charge < -0.3 is 5.32 Å². The SMILES string of the molecule is Cc1ccc([C@H]2CCCN2CC(=O)Nc2cccc(S(=O)(=O)N(C)C)c2)cc1. The van der Waals surface area contributed by atoms with Gasteiger partial charge in [0.05, 0.1) is 11.4 Å². The minimum atomic E-state index is -3.53.